The summed E-state index contributed by atoms with van der Waals surface area (Å²) in [5.41, 5.74) is 0.942. The van der Waals surface area contributed by atoms with Crippen LogP contribution in [0.3, 0.4) is 0 Å². The van der Waals surface area contributed by atoms with Crippen molar-refractivity contribution in [3.05, 3.63) is 29.6 Å². The highest BCUT2D eigenvalue weighted by Crippen LogP contribution is 2.17. The van der Waals surface area contributed by atoms with E-state index >= 15 is 0 Å². The molecule has 1 heterocycles. The Morgan fingerprint density at radius 3 is 2.57 bits per heavy atom. The third-order valence-electron chi connectivity index (χ3n) is 3.65. The molecule has 2 N–H and O–H groups in total. The van der Waals surface area contributed by atoms with Crippen LogP contribution in [0.5, 0.6) is 0 Å². The summed E-state index contributed by atoms with van der Waals surface area (Å²) in [6.45, 7) is 2.73. The number of anilines is 1. The molecule has 0 aromatic heterocycles. The Morgan fingerprint density at radius 1 is 1.33 bits per heavy atom. The van der Waals surface area contributed by atoms with Crippen LogP contribution in [0.2, 0.25) is 0 Å². The van der Waals surface area contributed by atoms with Crippen LogP contribution in [0.15, 0.2) is 18.2 Å². The van der Waals surface area contributed by atoms with Crippen molar-refractivity contribution < 1.29 is 19.1 Å². The summed E-state index contributed by atoms with van der Waals surface area (Å²) in [4.78, 5) is 25.4. The van der Waals surface area contributed by atoms with E-state index < -0.39 is 17.6 Å². The van der Waals surface area contributed by atoms with Gasteiger partial charge >= 0.3 is 11.8 Å². The smallest absolute Gasteiger partial charge is 0.313 e. The summed E-state index contributed by atoms with van der Waals surface area (Å²) in [6.07, 6.45) is 1.38. The van der Waals surface area contributed by atoms with Gasteiger partial charge in [-0.3, -0.25) is 9.59 Å². The average molecular weight is 294 g/mol. The van der Waals surface area contributed by atoms with Gasteiger partial charge in [0.25, 0.3) is 0 Å². The lowest BCUT2D eigenvalue weighted by Gasteiger charge is -2.30. The maximum Gasteiger partial charge on any atom is 0.313 e. The molecule has 1 aromatic carbocycles. The molecule has 0 unspecified atom stereocenters. The van der Waals surface area contributed by atoms with Gasteiger partial charge < -0.3 is 15.3 Å². The molecule has 1 aliphatic rings. The molecule has 1 saturated heterocycles. The van der Waals surface area contributed by atoms with E-state index in [2.05, 4.69) is 5.32 Å². The Kier molecular flexibility index (Phi) is 4.90. The molecule has 114 valence electrons. The average Bonchev–Trinajstić information content (AvgIpc) is 2.45. The van der Waals surface area contributed by atoms with Crippen LogP contribution in [-0.2, 0) is 9.59 Å². The van der Waals surface area contributed by atoms with E-state index in [4.69, 9.17) is 5.11 Å². The first-order valence-corrected chi connectivity index (χ1v) is 6.98. The Balaban J connectivity index is 1.95. The number of carbonyl (C=O) groups excluding carboxylic acids is 2. The lowest BCUT2D eigenvalue weighted by atomic mass is 9.98. The van der Waals surface area contributed by atoms with Crippen LogP contribution in [0, 0.1) is 18.7 Å². The van der Waals surface area contributed by atoms with E-state index in [1.807, 2.05) is 0 Å². The number of hydrogen-bond acceptors (Lipinski definition) is 3. The molecule has 0 saturated carbocycles. The lowest BCUT2D eigenvalue weighted by Crippen LogP contribution is -2.44. The van der Waals surface area contributed by atoms with Crippen molar-refractivity contribution in [1.29, 1.82) is 0 Å². The summed E-state index contributed by atoms with van der Waals surface area (Å²) in [5, 5.41) is 11.5. The highest BCUT2D eigenvalue weighted by Gasteiger charge is 2.26. The minimum Gasteiger partial charge on any atom is -0.396 e. The Labute approximate surface area is 122 Å². The highest BCUT2D eigenvalue weighted by molar-refractivity contribution is 6.39. The largest absolute Gasteiger partial charge is 0.396 e. The molecular weight excluding hydrogens is 275 g/mol. The Morgan fingerprint density at radius 2 is 2.00 bits per heavy atom. The molecule has 0 spiro atoms. The SMILES string of the molecule is Cc1cc(F)cc(NC(=O)C(=O)N2CCC(CO)CC2)c1. The predicted octanol–water partition coefficient (Wildman–Crippen LogP) is 1.30. The third-order valence-corrected chi connectivity index (χ3v) is 3.65. The molecule has 0 aliphatic carbocycles. The quantitative estimate of drug-likeness (QED) is 0.808. The number of rotatable bonds is 2. The minimum atomic E-state index is -0.762. The van der Waals surface area contributed by atoms with Gasteiger partial charge in [-0.15, -0.1) is 0 Å². The van der Waals surface area contributed by atoms with Gasteiger partial charge in [0.1, 0.15) is 5.82 Å². The van der Waals surface area contributed by atoms with Crippen LogP contribution < -0.4 is 5.32 Å². The topological polar surface area (TPSA) is 69.6 Å². The second-order valence-electron chi connectivity index (χ2n) is 5.39. The Hall–Kier alpha value is -1.95. The van der Waals surface area contributed by atoms with Gasteiger partial charge in [0.2, 0.25) is 0 Å². The monoisotopic (exact) mass is 294 g/mol. The van der Waals surface area contributed by atoms with Crippen LogP contribution in [0.4, 0.5) is 10.1 Å². The normalized spacial score (nSPS) is 15.9. The molecule has 6 heteroatoms. The summed E-state index contributed by atoms with van der Waals surface area (Å²) in [5.74, 6) is -1.64. The van der Waals surface area contributed by atoms with Gasteiger partial charge in [-0.2, -0.15) is 0 Å². The fourth-order valence-electron chi connectivity index (χ4n) is 2.46. The number of carbonyl (C=O) groups is 2. The summed E-state index contributed by atoms with van der Waals surface area (Å²) in [6, 6.07) is 4.12. The van der Waals surface area contributed by atoms with Crippen molar-refractivity contribution in [2.24, 2.45) is 5.92 Å². The number of hydrogen-bond donors (Lipinski definition) is 2. The number of nitrogens with zero attached hydrogens (tertiary/aromatic N) is 1. The van der Waals surface area contributed by atoms with Gasteiger partial charge in [-0.1, -0.05) is 0 Å². The van der Waals surface area contributed by atoms with Crippen LogP contribution >= 0.6 is 0 Å². The first-order chi connectivity index (χ1) is 9.99. The summed E-state index contributed by atoms with van der Waals surface area (Å²) in [7, 11) is 0. The van der Waals surface area contributed by atoms with Gasteiger partial charge in [-0.25, -0.2) is 4.39 Å². The number of halogens is 1. The molecule has 1 aliphatic heterocycles. The highest BCUT2D eigenvalue weighted by atomic mass is 19.1. The molecule has 0 radical (unpaired) electrons. The molecule has 2 rings (SSSR count). The maximum absolute atomic E-state index is 13.2. The van der Waals surface area contributed by atoms with Crippen LogP contribution in [0.25, 0.3) is 0 Å². The molecule has 1 aromatic rings. The number of benzene rings is 1. The zero-order valence-electron chi connectivity index (χ0n) is 11.9. The van der Waals surface area contributed by atoms with Gasteiger partial charge in [0.05, 0.1) is 0 Å². The third kappa shape index (κ3) is 4.01. The second-order valence-corrected chi connectivity index (χ2v) is 5.39. The number of piperidine rings is 1. The zero-order chi connectivity index (χ0) is 15.4. The van der Waals surface area contributed by atoms with Gasteiger partial charge in [0.15, 0.2) is 0 Å². The lowest BCUT2D eigenvalue weighted by molar-refractivity contribution is -0.144. The van der Waals surface area contributed by atoms with E-state index in [0.29, 0.717) is 31.5 Å². The van der Waals surface area contributed by atoms with Crippen molar-refractivity contribution >= 4 is 17.5 Å². The predicted molar refractivity (Wildman–Crippen MR) is 76.2 cm³/mol. The summed E-state index contributed by atoms with van der Waals surface area (Å²) >= 11 is 0. The fourth-order valence-corrected chi connectivity index (χ4v) is 2.46. The van der Waals surface area contributed by atoms with E-state index in [1.54, 1.807) is 13.0 Å². The van der Waals surface area contributed by atoms with Crippen molar-refractivity contribution in [3.63, 3.8) is 0 Å². The minimum absolute atomic E-state index is 0.108. The van der Waals surface area contributed by atoms with E-state index in [-0.39, 0.29) is 18.2 Å². The van der Waals surface area contributed by atoms with E-state index in [1.165, 1.54) is 17.0 Å². The molecule has 0 bridgehead atoms. The molecule has 5 nitrogen and oxygen atoms in total. The summed E-state index contributed by atoms with van der Waals surface area (Å²) < 4.78 is 13.2. The van der Waals surface area contributed by atoms with Gasteiger partial charge in [0, 0.05) is 25.4 Å². The van der Waals surface area contributed by atoms with Crippen LogP contribution in [0.1, 0.15) is 18.4 Å². The number of nitrogens with one attached hydrogen (secondary N) is 1. The number of aliphatic hydroxyl groups excluding tert-OH is 1. The number of amides is 2. The first kappa shape index (κ1) is 15.4. The maximum atomic E-state index is 13.2. The number of likely N-dealkylation sites (tertiary alicyclic amines) is 1. The van der Waals surface area contributed by atoms with Crippen molar-refractivity contribution in [3.8, 4) is 0 Å². The van der Waals surface area contributed by atoms with Gasteiger partial charge in [-0.05, 0) is 49.4 Å². The number of aryl methyl sites for hydroxylation is 1. The van der Waals surface area contributed by atoms with E-state index in [0.717, 1.165) is 0 Å². The van der Waals surface area contributed by atoms with E-state index in [9.17, 15) is 14.0 Å². The second kappa shape index (κ2) is 6.67. The van der Waals surface area contributed by atoms with Crippen molar-refractivity contribution in [1.82, 2.24) is 4.90 Å². The van der Waals surface area contributed by atoms with Crippen molar-refractivity contribution in [2.75, 3.05) is 25.0 Å². The molecule has 0 atom stereocenters. The first-order valence-electron chi connectivity index (χ1n) is 6.98. The molecule has 2 amide bonds. The molecule has 21 heavy (non-hydrogen) atoms. The molecule has 1 fully saturated rings. The van der Waals surface area contributed by atoms with Crippen molar-refractivity contribution in [2.45, 2.75) is 19.8 Å². The number of aliphatic hydroxyl groups is 1. The van der Waals surface area contributed by atoms with Crippen LogP contribution in [-0.4, -0.2) is 41.5 Å². The molecular formula is C15H19FN2O3. The standard InChI is InChI=1S/C15H19FN2O3/c1-10-6-12(16)8-13(7-10)17-14(20)15(21)18-4-2-11(9-19)3-5-18/h6-8,11,19H,2-5,9H2,1H3,(H,17,20). The Bertz CT molecular complexity index is 519. The fraction of sp³-hybridized carbons (Fsp3) is 0.467. The zero-order valence-corrected chi connectivity index (χ0v) is 11.9.